The predicted molar refractivity (Wildman–Crippen MR) is 72.1 cm³/mol. The van der Waals surface area contributed by atoms with Gasteiger partial charge in [0.15, 0.2) is 0 Å². The highest BCUT2D eigenvalue weighted by molar-refractivity contribution is 7.17. The van der Waals surface area contributed by atoms with Crippen molar-refractivity contribution >= 4 is 22.4 Å². The summed E-state index contributed by atoms with van der Waals surface area (Å²) in [4.78, 5) is 14.2. The van der Waals surface area contributed by atoms with Gasteiger partial charge in [0.1, 0.15) is 0 Å². The van der Waals surface area contributed by atoms with Crippen LogP contribution in [0.5, 0.6) is 0 Å². The second kappa shape index (κ2) is 6.65. The third kappa shape index (κ3) is 3.64. The van der Waals surface area contributed by atoms with E-state index in [4.69, 9.17) is 0 Å². The number of amides is 1. The number of hydrogen-bond donors (Lipinski definition) is 2. The minimum absolute atomic E-state index is 0.133. The van der Waals surface area contributed by atoms with Crippen molar-refractivity contribution in [3.63, 3.8) is 0 Å². The first-order valence-corrected chi connectivity index (χ1v) is 7.13. The SMILES string of the molecule is CNc1nnc(C(=O)NCCN2CCCCC2)s1. The molecule has 1 aromatic heterocycles. The number of nitrogens with one attached hydrogen (secondary N) is 2. The van der Waals surface area contributed by atoms with Gasteiger partial charge in [-0.15, -0.1) is 10.2 Å². The van der Waals surface area contributed by atoms with Crippen molar-refractivity contribution < 1.29 is 4.79 Å². The van der Waals surface area contributed by atoms with Gasteiger partial charge in [-0.1, -0.05) is 17.8 Å². The highest BCUT2D eigenvalue weighted by atomic mass is 32.1. The van der Waals surface area contributed by atoms with Gasteiger partial charge in [0.05, 0.1) is 0 Å². The van der Waals surface area contributed by atoms with Crippen LogP contribution in [0.15, 0.2) is 0 Å². The van der Waals surface area contributed by atoms with Crippen molar-refractivity contribution in [1.29, 1.82) is 0 Å². The first-order chi connectivity index (χ1) is 8.79. The van der Waals surface area contributed by atoms with Crippen LogP contribution in [0.1, 0.15) is 29.1 Å². The number of rotatable bonds is 5. The zero-order valence-electron chi connectivity index (χ0n) is 10.6. The van der Waals surface area contributed by atoms with E-state index in [9.17, 15) is 4.79 Å². The second-order valence-electron chi connectivity index (χ2n) is 4.32. The minimum Gasteiger partial charge on any atom is -0.363 e. The van der Waals surface area contributed by atoms with Crippen molar-refractivity contribution in [2.75, 3.05) is 38.5 Å². The molecule has 18 heavy (non-hydrogen) atoms. The van der Waals surface area contributed by atoms with Crippen LogP contribution in [0, 0.1) is 0 Å². The molecule has 6 nitrogen and oxygen atoms in total. The molecule has 0 saturated carbocycles. The predicted octanol–water partition coefficient (Wildman–Crippen LogP) is 0.795. The van der Waals surface area contributed by atoms with Crippen LogP contribution in [-0.4, -0.2) is 54.2 Å². The fourth-order valence-corrected chi connectivity index (χ4v) is 2.62. The maximum Gasteiger partial charge on any atom is 0.282 e. The Hall–Kier alpha value is -1.21. The van der Waals surface area contributed by atoms with Gasteiger partial charge in [0.2, 0.25) is 10.1 Å². The molecule has 1 amide bonds. The van der Waals surface area contributed by atoms with E-state index < -0.39 is 0 Å². The molecule has 0 aromatic carbocycles. The summed E-state index contributed by atoms with van der Waals surface area (Å²) in [5.41, 5.74) is 0. The third-order valence-corrected chi connectivity index (χ3v) is 3.93. The largest absolute Gasteiger partial charge is 0.363 e. The van der Waals surface area contributed by atoms with Crippen molar-refractivity contribution in [3.8, 4) is 0 Å². The summed E-state index contributed by atoms with van der Waals surface area (Å²) in [5, 5.41) is 14.5. The maximum absolute atomic E-state index is 11.8. The van der Waals surface area contributed by atoms with Gasteiger partial charge >= 0.3 is 0 Å². The van der Waals surface area contributed by atoms with Crippen LogP contribution < -0.4 is 10.6 Å². The summed E-state index contributed by atoms with van der Waals surface area (Å²) in [5.74, 6) is -0.133. The summed E-state index contributed by atoms with van der Waals surface area (Å²) < 4.78 is 0. The number of carbonyl (C=O) groups is 1. The molecule has 1 aliphatic rings. The summed E-state index contributed by atoms with van der Waals surface area (Å²) in [6.45, 7) is 3.90. The smallest absolute Gasteiger partial charge is 0.282 e. The molecule has 0 bridgehead atoms. The Morgan fingerprint density at radius 1 is 1.33 bits per heavy atom. The Morgan fingerprint density at radius 2 is 2.11 bits per heavy atom. The molecule has 1 aliphatic heterocycles. The van der Waals surface area contributed by atoms with E-state index in [0.29, 0.717) is 16.7 Å². The Kier molecular flexibility index (Phi) is 4.89. The summed E-state index contributed by atoms with van der Waals surface area (Å²) >= 11 is 1.27. The van der Waals surface area contributed by atoms with E-state index in [1.807, 2.05) is 0 Å². The Morgan fingerprint density at radius 3 is 2.78 bits per heavy atom. The number of anilines is 1. The van der Waals surface area contributed by atoms with Crippen LogP contribution in [0.25, 0.3) is 0 Å². The van der Waals surface area contributed by atoms with Crippen LogP contribution in [0.2, 0.25) is 0 Å². The van der Waals surface area contributed by atoms with E-state index in [2.05, 4.69) is 25.7 Å². The first kappa shape index (κ1) is 13.2. The van der Waals surface area contributed by atoms with Crippen molar-refractivity contribution in [2.24, 2.45) is 0 Å². The average molecular weight is 269 g/mol. The average Bonchev–Trinajstić information content (AvgIpc) is 2.89. The lowest BCUT2D eigenvalue weighted by Gasteiger charge is -2.26. The molecule has 2 heterocycles. The molecule has 1 saturated heterocycles. The molecular weight excluding hydrogens is 250 g/mol. The number of nitrogens with zero attached hydrogens (tertiary/aromatic N) is 3. The molecule has 0 aliphatic carbocycles. The van der Waals surface area contributed by atoms with Crippen molar-refractivity contribution in [2.45, 2.75) is 19.3 Å². The fraction of sp³-hybridized carbons (Fsp3) is 0.727. The molecule has 0 atom stereocenters. The first-order valence-electron chi connectivity index (χ1n) is 6.31. The Bertz CT molecular complexity index is 389. The molecule has 2 rings (SSSR count). The molecule has 1 fully saturated rings. The van der Waals surface area contributed by atoms with Gasteiger partial charge < -0.3 is 15.5 Å². The van der Waals surface area contributed by atoms with E-state index in [0.717, 1.165) is 19.6 Å². The van der Waals surface area contributed by atoms with Gasteiger partial charge in [-0.2, -0.15) is 0 Å². The molecule has 0 unspecified atom stereocenters. The second-order valence-corrected chi connectivity index (χ2v) is 5.30. The summed E-state index contributed by atoms with van der Waals surface area (Å²) in [6, 6.07) is 0. The van der Waals surface area contributed by atoms with Crippen molar-refractivity contribution in [1.82, 2.24) is 20.4 Å². The van der Waals surface area contributed by atoms with Gasteiger partial charge in [-0.25, -0.2) is 0 Å². The van der Waals surface area contributed by atoms with Crippen LogP contribution in [0.4, 0.5) is 5.13 Å². The zero-order valence-corrected chi connectivity index (χ0v) is 11.4. The van der Waals surface area contributed by atoms with Gasteiger partial charge in [0.25, 0.3) is 5.91 Å². The fourth-order valence-electron chi connectivity index (χ4n) is 2.00. The number of aromatic nitrogens is 2. The lowest BCUT2D eigenvalue weighted by Crippen LogP contribution is -2.37. The Balaban J connectivity index is 1.70. The highest BCUT2D eigenvalue weighted by Crippen LogP contribution is 2.13. The lowest BCUT2D eigenvalue weighted by atomic mass is 10.1. The van der Waals surface area contributed by atoms with E-state index in [1.54, 1.807) is 7.05 Å². The lowest BCUT2D eigenvalue weighted by molar-refractivity contribution is 0.0945. The molecular formula is C11H19N5OS. The number of piperidine rings is 1. The topological polar surface area (TPSA) is 70.1 Å². The van der Waals surface area contributed by atoms with E-state index >= 15 is 0 Å². The normalized spacial score (nSPS) is 16.5. The molecule has 100 valence electrons. The molecule has 0 spiro atoms. The van der Waals surface area contributed by atoms with E-state index in [-0.39, 0.29) is 5.91 Å². The molecule has 2 N–H and O–H groups in total. The maximum atomic E-state index is 11.8. The van der Waals surface area contributed by atoms with Crippen LogP contribution >= 0.6 is 11.3 Å². The van der Waals surface area contributed by atoms with E-state index in [1.165, 1.54) is 30.6 Å². The summed E-state index contributed by atoms with van der Waals surface area (Å²) in [6.07, 6.45) is 3.88. The standard InChI is InChI=1S/C11H19N5OS/c1-12-11-15-14-10(18-11)9(17)13-5-8-16-6-3-2-4-7-16/h2-8H2,1H3,(H,12,15)(H,13,17). The highest BCUT2D eigenvalue weighted by Gasteiger charge is 2.13. The van der Waals surface area contributed by atoms with Gasteiger partial charge in [-0.3, -0.25) is 4.79 Å². The van der Waals surface area contributed by atoms with Crippen LogP contribution in [0.3, 0.4) is 0 Å². The van der Waals surface area contributed by atoms with Crippen LogP contribution in [-0.2, 0) is 0 Å². The van der Waals surface area contributed by atoms with Gasteiger partial charge in [-0.05, 0) is 25.9 Å². The quantitative estimate of drug-likeness (QED) is 0.827. The third-order valence-electron chi connectivity index (χ3n) is 3.00. The molecule has 1 aromatic rings. The summed E-state index contributed by atoms with van der Waals surface area (Å²) in [7, 11) is 1.76. The number of hydrogen-bond acceptors (Lipinski definition) is 6. The molecule has 7 heteroatoms. The minimum atomic E-state index is -0.133. The number of likely N-dealkylation sites (tertiary alicyclic amines) is 1. The Labute approximate surface area is 111 Å². The van der Waals surface area contributed by atoms with Crippen molar-refractivity contribution in [3.05, 3.63) is 5.01 Å². The zero-order chi connectivity index (χ0) is 12.8. The number of carbonyl (C=O) groups excluding carboxylic acids is 1. The molecule has 0 radical (unpaired) electrons. The van der Waals surface area contributed by atoms with Gasteiger partial charge in [0, 0.05) is 20.1 Å². The monoisotopic (exact) mass is 269 g/mol.